The predicted molar refractivity (Wildman–Crippen MR) is 73.9 cm³/mol. The van der Waals surface area contributed by atoms with E-state index in [1.807, 2.05) is 0 Å². The van der Waals surface area contributed by atoms with Crippen LogP contribution in [0.1, 0.15) is 28.6 Å². The van der Waals surface area contributed by atoms with Crippen molar-refractivity contribution in [2.24, 2.45) is 0 Å². The lowest BCUT2D eigenvalue weighted by molar-refractivity contribution is -0.118. The molecule has 102 valence electrons. The number of amides is 2. The van der Waals surface area contributed by atoms with Crippen LogP contribution in [-0.4, -0.2) is 36.6 Å². The van der Waals surface area contributed by atoms with Gasteiger partial charge in [0.2, 0.25) is 5.91 Å². The fraction of sp³-hybridized carbons (Fsp3) is 0.385. The Morgan fingerprint density at radius 1 is 1.37 bits per heavy atom. The molecule has 0 aromatic carbocycles. The van der Waals surface area contributed by atoms with Gasteiger partial charge in [-0.25, -0.2) is 0 Å². The number of carbonyl (C=O) groups excluding carboxylic acids is 2. The zero-order chi connectivity index (χ0) is 14.1. The van der Waals surface area contributed by atoms with Crippen molar-refractivity contribution in [1.29, 1.82) is 0 Å². The standard InChI is InChI=1S/C13H16N2O3S/c1-10(17)14-6-7-15-13(18)12-11(5-9-19-12)4-2-3-8-16/h5,9,16H,3,6-8H2,1H3,(H,14,17)(H,15,18). The van der Waals surface area contributed by atoms with Crippen LogP contribution in [0.2, 0.25) is 0 Å². The molecule has 0 fully saturated rings. The number of rotatable bonds is 5. The molecule has 3 N–H and O–H groups in total. The molecule has 2 amide bonds. The van der Waals surface area contributed by atoms with Gasteiger partial charge in [-0.2, -0.15) is 0 Å². The number of nitrogens with one attached hydrogen (secondary N) is 2. The molecule has 0 aliphatic carbocycles. The maximum atomic E-state index is 11.9. The van der Waals surface area contributed by atoms with E-state index in [9.17, 15) is 9.59 Å². The van der Waals surface area contributed by atoms with E-state index in [4.69, 9.17) is 5.11 Å². The minimum atomic E-state index is -0.200. The molecule has 5 nitrogen and oxygen atoms in total. The van der Waals surface area contributed by atoms with Crippen molar-refractivity contribution < 1.29 is 14.7 Å². The van der Waals surface area contributed by atoms with Crippen LogP contribution in [-0.2, 0) is 4.79 Å². The highest BCUT2D eigenvalue weighted by Crippen LogP contribution is 2.15. The van der Waals surface area contributed by atoms with E-state index in [0.29, 0.717) is 30.0 Å². The summed E-state index contributed by atoms with van der Waals surface area (Å²) in [4.78, 5) is 23.1. The molecule has 0 radical (unpaired) electrons. The Hall–Kier alpha value is -1.84. The second kappa shape index (κ2) is 8.29. The SMILES string of the molecule is CC(=O)NCCNC(=O)c1sccc1C#CCCO. The summed E-state index contributed by atoms with van der Waals surface area (Å²) < 4.78 is 0. The number of thiophene rings is 1. The maximum Gasteiger partial charge on any atom is 0.262 e. The minimum absolute atomic E-state index is 0.00931. The van der Waals surface area contributed by atoms with Crippen molar-refractivity contribution in [2.75, 3.05) is 19.7 Å². The summed E-state index contributed by atoms with van der Waals surface area (Å²) >= 11 is 1.32. The molecule has 1 rings (SSSR count). The minimum Gasteiger partial charge on any atom is -0.395 e. The number of aliphatic hydroxyl groups is 1. The Labute approximate surface area is 116 Å². The van der Waals surface area contributed by atoms with Gasteiger partial charge in [-0.05, 0) is 11.4 Å². The quantitative estimate of drug-likeness (QED) is 0.538. The number of aliphatic hydroxyl groups excluding tert-OH is 1. The van der Waals surface area contributed by atoms with E-state index in [-0.39, 0.29) is 18.4 Å². The lowest BCUT2D eigenvalue weighted by Gasteiger charge is -2.04. The van der Waals surface area contributed by atoms with E-state index in [1.54, 1.807) is 11.4 Å². The molecule has 0 aliphatic rings. The molecule has 0 atom stereocenters. The van der Waals surface area contributed by atoms with Gasteiger partial charge in [0, 0.05) is 32.0 Å². The zero-order valence-corrected chi connectivity index (χ0v) is 11.5. The summed E-state index contributed by atoms with van der Waals surface area (Å²) in [5, 5.41) is 15.8. The molecule has 0 saturated carbocycles. The fourth-order valence-electron chi connectivity index (χ4n) is 1.29. The Bertz CT molecular complexity index is 499. The summed E-state index contributed by atoms with van der Waals surface area (Å²) in [5.41, 5.74) is 0.662. The molecular formula is C13H16N2O3S. The first kappa shape index (κ1) is 15.2. The van der Waals surface area contributed by atoms with Crippen molar-refractivity contribution in [2.45, 2.75) is 13.3 Å². The van der Waals surface area contributed by atoms with Crippen molar-refractivity contribution in [1.82, 2.24) is 10.6 Å². The van der Waals surface area contributed by atoms with Crippen LogP contribution in [0.15, 0.2) is 11.4 Å². The second-order valence-corrected chi connectivity index (χ2v) is 4.59. The van der Waals surface area contributed by atoms with E-state index in [1.165, 1.54) is 18.3 Å². The lowest BCUT2D eigenvalue weighted by atomic mass is 10.2. The van der Waals surface area contributed by atoms with Crippen molar-refractivity contribution in [3.8, 4) is 11.8 Å². The van der Waals surface area contributed by atoms with Gasteiger partial charge in [0.15, 0.2) is 0 Å². The first-order valence-corrected chi connectivity index (χ1v) is 6.73. The molecule has 0 aliphatic heterocycles. The topological polar surface area (TPSA) is 78.4 Å². The normalized spacial score (nSPS) is 9.37. The molecule has 19 heavy (non-hydrogen) atoms. The highest BCUT2D eigenvalue weighted by molar-refractivity contribution is 7.12. The molecule has 0 unspecified atom stereocenters. The van der Waals surface area contributed by atoms with Crippen LogP contribution in [0, 0.1) is 11.8 Å². The van der Waals surface area contributed by atoms with Crippen LogP contribution in [0.4, 0.5) is 0 Å². The third kappa shape index (κ3) is 5.55. The van der Waals surface area contributed by atoms with Gasteiger partial charge in [-0.15, -0.1) is 11.3 Å². The van der Waals surface area contributed by atoms with Gasteiger partial charge < -0.3 is 15.7 Å². The summed E-state index contributed by atoms with van der Waals surface area (Å²) in [6, 6.07) is 1.78. The summed E-state index contributed by atoms with van der Waals surface area (Å²) in [6.07, 6.45) is 0.388. The Morgan fingerprint density at radius 3 is 2.79 bits per heavy atom. The van der Waals surface area contributed by atoms with E-state index in [0.717, 1.165) is 0 Å². The van der Waals surface area contributed by atoms with E-state index in [2.05, 4.69) is 22.5 Å². The largest absolute Gasteiger partial charge is 0.395 e. The third-order valence-electron chi connectivity index (χ3n) is 2.12. The molecular weight excluding hydrogens is 264 g/mol. The van der Waals surface area contributed by atoms with Crippen LogP contribution < -0.4 is 10.6 Å². The maximum absolute atomic E-state index is 11.9. The Morgan fingerprint density at radius 2 is 2.11 bits per heavy atom. The van der Waals surface area contributed by atoms with Crippen LogP contribution in [0.3, 0.4) is 0 Å². The summed E-state index contributed by atoms with van der Waals surface area (Å²) in [6.45, 7) is 2.21. The highest BCUT2D eigenvalue weighted by Gasteiger charge is 2.10. The van der Waals surface area contributed by atoms with Gasteiger partial charge in [-0.3, -0.25) is 9.59 Å². The highest BCUT2D eigenvalue weighted by atomic mass is 32.1. The van der Waals surface area contributed by atoms with Gasteiger partial charge in [-0.1, -0.05) is 11.8 Å². The Kier molecular flexibility index (Phi) is 6.64. The van der Waals surface area contributed by atoms with Crippen LogP contribution in [0.25, 0.3) is 0 Å². The molecule has 0 bridgehead atoms. The summed E-state index contributed by atoms with van der Waals surface area (Å²) in [5.74, 6) is 5.31. The number of hydrogen-bond acceptors (Lipinski definition) is 4. The molecule has 1 heterocycles. The lowest BCUT2D eigenvalue weighted by Crippen LogP contribution is -2.33. The zero-order valence-electron chi connectivity index (χ0n) is 10.7. The smallest absolute Gasteiger partial charge is 0.262 e. The van der Waals surface area contributed by atoms with Crippen LogP contribution >= 0.6 is 11.3 Å². The first-order chi connectivity index (χ1) is 9.15. The second-order valence-electron chi connectivity index (χ2n) is 3.68. The van der Waals surface area contributed by atoms with E-state index >= 15 is 0 Å². The first-order valence-electron chi connectivity index (χ1n) is 5.85. The van der Waals surface area contributed by atoms with Crippen molar-refractivity contribution in [3.63, 3.8) is 0 Å². The fourth-order valence-corrected chi connectivity index (χ4v) is 2.06. The average molecular weight is 280 g/mol. The van der Waals surface area contributed by atoms with Gasteiger partial charge in [0.1, 0.15) is 4.88 Å². The van der Waals surface area contributed by atoms with Crippen LogP contribution in [0.5, 0.6) is 0 Å². The van der Waals surface area contributed by atoms with Gasteiger partial charge >= 0.3 is 0 Å². The number of carbonyl (C=O) groups is 2. The van der Waals surface area contributed by atoms with E-state index < -0.39 is 0 Å². The summed E-state index contributed by atoms with van der Waals surface area (Å²) in [7, 11) is 0. The molecule has 1 aromatic rings. The van der Waals surface area contributed by atoms with Crippen molar-refractivity contribution >= 4 is 23.2 Å². The number of hydrogen-bond donors (Lipinski definition) is 3. The predicted octanol–water partition coefficient (Wildman–Crippen LogP) is 0.348. The molecule has 0 spiro atoms. The monoisotopic (exact) mass is 280 g/mol. The average Bonchev–Trinajstić information content (AvgIpc) is 2.83. The molecule has 1 aromatic heterocycles. The Balaban J connectivity index is 2.51. The molecule has 6 heteroatoms. The molecule has 0 saturated heterocycles. The van der Waals surface area contributed by atoms with Crippen molar-refractivity contribution in [3.05, 3.63) is 21.9 Å². The van der Waals surface area contributed by atoms with Gasteiger partial charge in [0.05, 0.1) is 6.61 Å². The third-order valence-corrected chi connectivity index (χ3v) is 3.03. The van der Waals surface area contributed by atoms with Gasteiger partial charge in [0.25, 0.3) is 5.91 Å².